The number of hydrogen-bond acceptors (Lipinski definition) is 3. The minimum Gasteiger partial charge on any atom is -0.397 e. The maximum atomic E-state index is 11.8. The molecule has 0 aromatic heterocycles. The van der Waals surface area contributed by atoms with Crippen molar-refractivity contribution < 1.29 is 9.53 Å². The zero-order chi connectivity index (χ0) is 15.6. The predicted molar refractivity (Wildman–Crippen MR) is 89.7 cm³/mol. The topological polar surface area (TPSA) is 64.3 Å². The highest BCUT2D eigenvalue weighted by Crippen LogP contribution is 2.16. The standard InChI is InChI=1S/C18H22N2O2/c19-16-9-4-5-10-17(16)20-18(21)11-6-13-22-14-12-15-7-2-1-3-8-15/h1-5,7-10H,6,11-14,19H2,(H,20,21). The minimum absolute atomic E-state index is 0.0374. The average molecular weight is 298 g/mol. The van der Waals surface area contributed by atoms with Crippen LogP contribution in [0.5, 0.6) is 0 Å². The second-order valence-electron chi connectivity index (χ2n) is 5.09. The van der Waals surface area contributed by atoms with E-state index in [1.54, 1.807) is 12.1 Å². The van der Waals surface area contributed by atoms with Crippen LogP contribution < -0.4 is 11.1 Å². The van der Waals surface area contributed by atoms with E-state index in [-0.39, 0.29) is 5.91 Å². The Hall–Kier alpha value is -2.33. The molecule has 4 heteroatoms. The number of nitrogens with two attached hydrogens (primary N) is 1. The van der Waals surface area contributed by atoms with Crippen LogP contribution in [-0.4, -0.2) is 19.1 Å². The van der Waals surface area contributed by atoms with Gasteiger partial charge in [-0.05, 0) is 30.5 Å². The summed E-state index contributed by atoms with van der Waals surface area (Å²) >= 11 is 0. The Morgan fingerprint density at radius 3 is 2.50 bits per heavy atom. The van der Waals surface area contributed by atoms with Crippen LogP contribution in [0.15, 0.2) is 54.6 Å². The number of carbonyl (C=O) groups excluding carboxylic acids is 1. The number of nitrogens with one attached hydrogen (secondary N) is 1. The smallest absolute Gasteiger partial charge is 0.224 e. The van der Waals surface area contributed by atoms with Crippen molar-refractivity contribution in [2.75, 3.05) is 24.3 Å². The van der Waals surface area contributed by atoms with Crippen molar-refractivity contribution in [1.29, 1.82) is 0 Å². The number of nitrogen functional groups attached to an aromatic ring is 1. The summed E-state index contributed by atoms with van der Waals surface area (Å²) < 4.78 is 5.56. The molecule has 0 aliphatic rings. The number of carbonyl (C=O) groups is 1. The second kappa shape index (κ2) is 8.85. The van der Waals surface area contributed by atoms with E-state index in [4.69, 9.17) is 10.5 Å². The van der Waals surface area contributed by atoms with Crippen LogP contribution in [-0.2, 0) is 16.0 Å². The minimum atomic E-state index is -0.0374. The number of amides is 1. The summed E-state index contributed by atoms with van der Waals surface area (Å²) in [5, 5.41) is 2.81. The molecule has 0 atom stereocenters. The first kappa shape index (κ1) is 16.0. The lowest BCUT2D eigenvalue weighted by atomic mass is 10.2. The largest absolute Gasteiger partial charge is 0.397 e. The lowest BCUT2D eigenvalue weighted by Gasteiger charge is -2.08. The van der Waals surface area contributed by atoms with E-state index >= 15 is 0 Å². The van der Waals surface area contributed by atoms with Gasteiger partial charge >= 0.3 is 0 Å². The van der Waals surface area contributed by atoms with E-state index in [0.717, 1.165) is 6.42 Å². The van der Waals surface area contributed by atoms with Gasteiger partial charge in [0, 0.05) is 13.0 Å². The summed E-state index contributed by atoms with van der Waals surface area (Å²) in [5.74, 6) is -0.0374. The van der Waals surface area contributed by atoms with Crippen molar-refractivity contribution >= 4 is 17.3 Å². The Morgan fingerprint density at radius 2 is 1.73 bits per heavy atom. The zero-order valence-electron chi connectivity index (χ0n) is 12.6. The molecular formula is C18H22N2O2. The molecule has 3 N–H and O–H groups in total. The molecule has 1 amide bonds. The van der Waals surface area contributed by atoms with E-state index in [0.29, 0.717) is 37.4 Å². The van der Waals surface area contributed by atoms with Crippen molar-refractivity contribution in [3.05, 3.63) is 60.2 Å². The lowest BCUT2D eigenvalue weighted by Crippen LogP contribution is -2.13. The van der Waals surface area contributed by atoms with Gasteiger partial charge in [0.25, 0.3) is 0 Å². The van der Waals surface area contributed by atoms with Gasteiger partial charge in [0.05, 0.1) is 18.0 Å². The van der Waals surface area contributed by atoms with E-state index in [1.165, 1.54) is 5.56 Å². The third-order valence-electron chi connectivity index (χ3n) is 3.31. The van der Waals surface area contributed by atoms with Crippen LogP contribution in [0.2, 0.25) is 0 Å². The van der Waals surface area contributed by atoms with E-state index in [1.807, 2.05) is 30.3 Å². The van der Waals surface area contributed by atoms with Gasteiger partial charge in [0.15, 0.2) is 0 Å². The first-order valence-corrected chi connectivity index (χ1v) is 7.52. The number of benzene rings is 2. The molecule has 0 saturated heterocycles. The molecule has 0 heterocycles. The van der Waals surface area contributed by atoms with Crippen LogP contribution in [0, 0.1) is 0 Å². The third-order valence-corrected chi connectivity index (χ3v) is 3.31. The van der Waals surface area contributed by atoms with Gasteiger partial charge in [0.1, 0.15) is 0 Å². The first-order valence-electron chi connectivity index (χ1n) is 7.52. The molecule has 0 spiro atoms. The van der Waals surface area contributed by atoms with Crippen LogP contribution in [0.1, 0.15) is 18.4 Å². The molecule has 0 unspecified atom stereocenters. The third kappa shape index (κ3) is 5.58. The lowest BCUT2D eigenvalue weighted by molar-refractivity contribution is -0.116. The molecule has 0 bridgehead atoms. The second-order valence-corrected chi connectivity index (χ2v) is 5.09. The number of rotatable bonds is 8. The fourth-order valence-corrected chi connectivity index (χ4v) is 2.10. The van der Waals surface area contributed by atoms with Crippen molar-refractivity contribution in [3.8, 4) is 0 Å². The number of anilines is 2. The van der Waals surface area contributed by atoms with Gasteiger partial charge in [-0.3, -0.25) is 4.79 Å². The summed E-state index contributed by atoms with van der Waals surface area (Å²) in [5.41, 5.74) is 8.29. The summed E-state index contributed by atoms with van der Waals surface area (Å²) in [4.78, 5) is 11.8. The van der Waals surface area contributed by atoms with E-state index < -0.39 is 0 Å². The predicted octanol–water partition coefficient (Wildman–Crippen LogP) is 3.25. The number of hydrogen-bond donors (Lipinski definition) is 2. The van der Waals surface area contributed by atoms with Gasteiger partial charge in [-0.1, -0.05) is 42.5 Å². The van der Waals surface area contributed by atoms with E-state index in [9.17, 15) is 4.79 Å². The highest BCUT2D eigenvalue weighted by atomic mass is 16.5. The van der Waals surface area contributed by atoms with Crippen molar-refractivity contribution in [2.45, 2.75) is 19.3 Å². The monoisotopic (exact) mass is 298 g/mol. The van der Waals surface area contributed by atoms with Gasteiger partial charge in [-0.15, -0.1) is 0 Å². The van der Waals surface area contributed by atoms with Crippen LogP contribution >= 0.6 is 0 Å². The fourth-order valence-electron chi connectivity index (χ4n) is 2.10. The normalized spacial score (nSPS) is 10.4. The molecule has 0 aliphatic carbocycles. The van der Waals surface area contributed by atoms with Gasteiger partial charge in [0.2, 0.25) is 5.91 Å². The Bertz CT molecular complexity index is 585. The molecule has 116 valence electrons. The average Bonchev–Trinajstić information content (AvgIpc) is 2.54. The van der Waals surface area contributed by atoms with Crippen LogP contribution in [0.25, 0.3) is 0 Å². The van der Waals surface area contributed by atoms with Crippen molar-refractivity contribution in [3.63, 3.8) is 0 Å². The number of para-hydroxylation sites is 2. The highest BCUT2D eigenvalue weighted by molar-refractivity contribution is 5.93. The molecule has 2 aromatic carbocycles. The molecule has 4 nitrogen and oxygen atoms in total. The maximum Gasteiger partial charge on any atom is 0.224 e. The summed E-state index contributed by atoms with van der Waals surface area (Å²) in [7, 11) is 0. The zero-order valence-corrected chi connectivity index (χ0v) is 12.6. The summed E-state index contributed by atoms with van der Waals surface area (Å²) in [6.45, 7) is 1.27. The summed E-state index contributed by atoms with van der Waals surface area (Å²) in [6, 6.07) is 17.5. The molecule has 0 fully saturated rings. The van der Waals surface area contributed by atoms with Gasteiger partial charge in [-0.2, -0.15) is 0 Å². The fraction of sp³-hybridized carbons (Fsp3) is 0.278. The molecule has 0 saturated carbocycles. The Kier molecular flexibility index (Phi) is 6.45. The van der Waals surface area contributed by atoms with Crippen LogP contribution in [0.3, 0.4) is 0 Å². The van der Waals surface area contributed by atoms with Crippen LogP contribution in [0.4, 0.5) is 11.4 Å². The van der Waals surface area contributed by atoms with Gasteiger partial charge in [-0.25, -0.2) is 0 Å². The maximum absolute atomic E-state index is 11.8. The Morgan fingerprint density at radius 1 is 1.00 bits per heavy atom. The van der Waals surface area contributed by atoms with E-state index in [2.05, 4.69) is 17.4 Å². The molecule has 0 radical (unpaired) electrons. The molecule has 2 aromatic rings. The summed E-state index contributed by atoms with van der Waals surface area (Å²) in [6.07, 6.45) is 2.03. The van der Waals surface area contributed by atoms with Gasteiger partial charge < -0.3 is 15.8 Å². The molecule has 2 rings (SSSR count). The molecular weight excluding hydrogens is 276 g/mol. The molecule has 0 aliphatic heterocycles. The quantitative estimate of drug-likeness (QED) is 0.581. The Labute approximate surface area is 131 Å². The SMILES string of the molecule is Nc1ccccc1NC(=O)CCCOCCc1ccccc1. The van der Waals surface area contributed by atoms with Crippen molar-refractivity contribution in [1.82, 2.24) is 0 Å². The first-order chi connectivity index (χ1) is 10.8. The van der Waals surface area contributed by atoms with Crippen molar-refractivity contribution in [2.24, 2.45) is 0 Å². The number of ether oxygens (including phenoxy) is 1. The molecule has 22 heavy (non-hydrogen) atoms. The highest BCUT2D eigenvalue weighted by Gasteiger charge is 2.04. The Balaban J connectivity index is 1.57.